The van der Waals surface area contributed by atoms with Gasteiger partial charge >= 0.3 is 6.09 Å². The first-order valence-electron chi connectivity index (χ1n) is 15.2. The zero-order valence-corrected chi connectivity index (χ0v) is 25.7. The van der Waals surface area contributed by atoms with Crippen LogP contribution >= 0.6 is 0 Å². The molecule has 0 unspecified atom stereocenters. The molecular weight excluding hydrogens is 534 g/mol. The number of likely N-dealkylation sites (tertiary alicyclic amines) is 1. The van der Waals surface area contributed by atoms with Crippen LogP contribution < -0.4 is 16.4 Å². The van der Waals surface area contributed by atoms with E-state index in [2.05, 4.69) is 22.8 Å². The Morgan fingerprint density at radius 1 is 1.10 bits per heavy atom. The van der Waals surface area contributed by atoms with Crippen LogP contribution in [0, 0.1) is 0 Å². The van der Waals surface area contributed by atoms with E-state index in [1.165, 1.54) is 22.4 Å². The Hall–Kier alpha value is -3.40. The summed E-state index contributed by atoms with van der Waals surface area (Å²) in [6.07, 6.45) is 7.94. The number of fused-ring (bicyclic) bond motifs is 1. The van der Waals surface area contributed by atoms with Crippen molar-refractivity contribution in [2.24, 2.45) is 5.73 Å². The Labute approximate surface area is 249 Å². The maximum absolute atomic E-state index is 14.2. The van der Waals surface area contributed by atoms with E-state index in [0.717, 1.165) is 49.7 Å². The van der Waals surface area contributed by atoms with Crippen LogP contribution in [0.15, 0.2) is 35.9 Å². The molecule has 1 aromatic carbocycles. The van der Waals surface area contributed by atoms with E-state index in [1.807, 2.05) is 18.2 Å². The molecule has 1 fully saturated rings. The lowest BCUT2D eigenvalue weighted by Gasteiger charge is -2.34. The van der Waals surface area contributed by atoms with Crippen molar-refractivity contribution in [2.75, 3.05) is 13.6 Å². The molecule has 0 radical (unpaired) electrons. The average molecular weight is 582 g/mol. The Morgan fingerprint density at radius 2 is 1.83 bits per heavy atom. The molecule has 10 nitrogen and oxygen atoms in total. The Morgan fingerprint density at radius 3 is 2.52 bits per heavy atom. The standard InChI is InChI=1S/C32H47N5O5/c1-20(36(5)31(41)42-32(2,3)4)28(38)35-27(22-13-7-6-8-14-22)30(40)37-19-23(33)18-26(37)29(39)34-25-17-11-15-21-12-9-10-16-24(21)25/h9-10,12-13,16,20,23,25-27H,6-8,11,14-15,17-19,33H2,1-5H3,(H,34,39)(H,35,38)/t20-,23-,25+,26-,27-/m0/s1. The quantitative estimate of drug-likeness (QED) is 0.423. The maximum atomic E-state index is 14.2. The van der Waals surface area contributed by atoms with Gasteiger partial charge in [-0.25, -0.2) is 4.79 Å². The van der Waals surface area contributed by atoms with Crippen molar-refractivity contribution in [3.63, 3.8) is 0 Å². The summed E-state index contributed by atoms with van der Waals surface area (Å²) < 4.78 is 5.42. The number of benzene rings is 1. The van der Waals surface area contributed by atoms with Gasteiger partial charge in [0.1, 0.15) is 23.7 Å². The number of allylic oxidation sites excluding steroid dienone is 1. The van der Waals surface area contributed by atoms with E-state index >= 15 is 0 Å². The predicted molar refractivity (Wildman–Crippen MR) is 160 cm³/mol. The first-order valence-corrected chi connectivity index (χ1v) is 15.2. The van der Waals surface area contributed by atoms with Crippen LogP contribution in [0.3, 0.4) is 0 Å². The van der Waals surface area contributed by atoms with Gasteiger partial charge < -0.3 is 26.0 Å². The van der Waals surface area contributed by atoms with Gasteiger partial charge in [0, 0.05) is 19.6 Å². The van der Waals surface area contributed by atoms with Gasteiger partial charge in [0.25, 0.3) is 0 Å². The summed E-state index contributed by atoms with van der Waals surface area (Å²) in [6.45, 7) is 7.10. The summed E-state index contributed by atoms with van der Waals surface area (Å²) >= 11 is 0. The number of nitrogens with zero attached hydrogens (tertiary/aromatic N) is 2. The molecule has 5 atom stereocenters. The number of likely N-dealkylation sites (N-methyl/N-ethyl adjacent to an activating group) is 1. The summed E-state index contributed by atoms with van der Waals surface area (Å²) in [5.74, 6) is -1.05. The molecule has 42 heavy (non-hydrogen) atoms. The summed E-state index contributed by atoms with van der Waals surface area (Å²) in [6, 6.07) is 5.13. The molecule has 1 aliphatic heterocycles. The van der Waals surface area contributed by atoms with Gasteiger partial charge in [0.15, 0.2) is 0 Å². The number of hydrogen-bond acceptors (Lipinski definition) is 6. The van der Waals surface area contributed by atoms with Gasteiger partial charge in [0.2, 0.25) is 17.7 Å². The van der Waals surface area contributed by atoms with E-state index in [0.29, 0.717) is 12.8 Å². The zero-order chi connectivity index (χ0) is 30.6. The largest absolute Gasteiger partial charge is 0.444 e. The maximum Gasteiger partial charge on any atom is 0.410 e. The van der Waals surface area contributed by atoms with Crippen molar-refractivity contribution in [1.29, 1.82) is 0 Å². The van der Waals surface area contributed by atoms with Gasteiger partial charge in [-0.15, -0.1) is 0 Å². The van der Waals surface area contributed by atoms with Crippen LogP contribution in [-0.2, 0) is 25.5 Å². The minimum atomic E-state index is -0.941. The Bertz CT molecular complexity index is 1210. The molecule has 1 heterocycles. The third-order valence-electron chi connectivity index (χ3n) is 8.48. The number of carbonyl (C=O) groups excluding carboxylic acids is 4. The third kappa shape index (κ3) is 7.51. The van der Waals surface area contributed by atoms with Crippen molar-refractivity contribution in [3.05, 3.63) is 47.0 Å². The highest BCUT2D eigenvalue weighted by Crippen LogP contribution is 2.31. The molecule has 1 saturated heterocycles. The second kappa shape index (κ2) is 13.3. The van der Waals surface area contributed by atoms with Gasteiger partial charge in [-0.3, -0.25) is 19.3 Å². The van der Waals surface area contributed by atoms with Crippen LogP contribution in [0.4, 0.5) is 4.79 Å². The number of hydrogen-bond donors (Lipinski definition) is 3. The summed E-state index contributed by atoms with van der Waals surface area (Å²) in [7, 11) is 1.50. The fourth-order valence-corrected chi connectivity index (χ4v) is 6.07. The number of amides is 4. The van der Waals surface area contributed by atoms with Gasteiger partial charge in [-0.05, 0) is 95.8 Å². The second-order valence-corrected chi connectivity index (χ2v) is 12.9. The van der Waals surface area contributed by atoms with E-state index in [4.69, 9.17) is 10.5 Å². The number of rotatable bonds is 7. The smallest absolute Gasteiger partial charge is 0.410 e. The third-order valence-corrected chi connectivity index (χ3v) is 8.48. The van der Waals surface area contributed by atoms with Gasteiger partial charge in [0.05, 0.1) is 6.04 Å². The number of aryl methyl sites for hydroxylation is 1. The molecular formula is C32H47N5O5. The van der Waals surface area contributed by atoms with E-state index in [1.54, 1.807) is 27.7 Å². The molecule has 0 bridgehead atoms. The summed E-state index contributed by atoms with van der Waals surface area (Å²) in [5.41, 5.74) is 8.79. The molecule has 10 heteroatoms. The number of nitrogens with one attached hydrogen (secondary N) is 2. The second-order valence-electron chi connectivity index (χ2n) is 12.9. The van der Waals surface area contributed by atoms with Crippen LogP contribution in [0.5, 0.6) is 0 Å². The van der Waals surface area contributed by atoms with Crippen molar-refractivity contribution >= 4 is 23.8 Å². The van der Waals surface area contributed by atoms with E-state index in [-0.39, 0.29) is 30.4 Å². The lowest BCUT2D eigenvalue weighted by atomic mass is 9.87. The lowest BCUT2D eigenvalue weighted by molar-refractivity contribution is -0.141. The van der Waals surface area contributed by atoms with E-state index in [9.17, 15) is 19.2 Å². The van der Waals surface area contributed by atoms with Crippen molar-refractivity contribution in [3.8, 4) is 0 Å². The van der Waals surface area contributed by atoms with Crippen molar-refractivity contribution < 1.29 is 23.9 Å². The Balaban J connectivity index is 1.51. The van der Waals surface area contributed by atoms with Crippen LogP contribution in [0.1, 0.15) is 89.8 Å². The first-order chi connectivity index (χ1) is 19.9. The first kappa shape index (κ1) is 31.5. The lowest BCUT2D eigenvalue weighted by Crippen LogP contribution is -2.57. The Kier molecular flexibility index (Phi) is 9.97. The molecule has 1 aromatic rings. The molecule has 4 N–H and O–H groups in total. The van der Waals surface area contributed by atoms with E-state index < -0.39 is 35.7 Å². The van der Waals surface area contributed by atoms with Crippen LogP contribution in [0.2, 0.25) is 0 Å². The molecule has 3 aliphatic rings. The molecule has 2 aliphatic carbocycles. The minimum Gasteiger partial charge on any atom is -0.444 e. The highest BCUT2D eigenvalue weighted by Gasteiger charge is 2.43. The minimum absolute atomic E-state index is 0.114. The molecule has 230 valence electrons. The summed E-state index contributed by atoms with van der Waals surface area (Å²) in [4.78, 5) is 56.6. The molecule has 0 aromatic heterocycles. The highest BCUT2D eigenvalue weighted by molar-refractivity contribution is 5.96. The van der Waals surface area contributed by atoms with Gasteiger partial charge in [-0.2, -0.15) is 0 Å². The zero-order valence-electron chi connectivity index (χ0n) is 25.7. The molecule has 4 rings (SSSR count). The normalized spacial score (nSPS) is 23.6. The number of nitrogens with two attached hydrogens (primary N) is 1. The van der Waals surface area contributed by atoms with Crippen LogP contribution in [0.25, 0.3) is 0 Å². The summed E-state index contributed by atoms with van der Waals surface area (Å²) in [5, 5.41) is 6.11. The van der Waals surface area contributed by atoms with Crippen LogP contribution in [-0.4, -0.2) is 77.0 Å². The molecule has 4 amide bonds. The fourth-order valence-electron chi connectivity index (χ4n) is 6.07. The topological polar surface area (TPSA) is 134 Å². The monoisotopic (exact) mass is 581 g/mol. The molecule has 0 saturated carbocycles. The predicted octanol–water partition coefficient (Wildman–Crippen LogP) is 3.35. The average Bonchev–Trinajstić information content (AvgIpc) is 3.36. The number of carbonyl (C=O) groups is 4. The van der Waals surface area contributed by atoms with Crippen molar-refractivity contribution in [1.82, 2.24) is 20.4 Å². The highest BCUT2D eigenvalue weighted by atomic mass is 16.6. The van der Waals surface area contributed by atoms with Crippen molar-refractivity contribution in [2.45, 2.75) is 115 Å². The fraction of sp³-hybridized carbons (Fsp3) is 0.625. The SMILES string of the molecule is C[C@@H](C(=O)N[C@H](C(=O)N1C[C@@H](N)C[C@H]1C(=O)N[C@@H]1CCCc2ccccc21)C1=CCCCC1)N(C)C(=O)OC(C)(C)C. The number of ether oxygens (including phenoxy) is 1. The molecule has 0 spiro atoms. The van der Waals surface area contributed by atoms with Gasteiger partial charge in [-0.1, -0.05) is 30.3 Å².